The van der Waals surface area contributed by atoms with Crippen LogP contribution >= 0.6 is 0 Å². The molecule has 1 aliphatic rings. The van der Waals surface area contributed by atoms with Crippen molar-refractivity contribution in [1.82, 2.24) is 0 Å². The normalized spacial score (nSPS) is 26.9. The molecule has 0 spiro atoms. The molecule has 0 amide bonds. The van der Waals surface area contributed by atoms with Crippen molar-refractivity contribution in [2.75, 3.05) is 19.8 Å². The lowest BCUT2D eigenvalue weighted by Gasteiger charge is -2.44. The molecular formula is C21H27F2NO3. The standard InChI is InChI=1S/C21H27F2NO3/c1-15(22)8-9-20(23)16(2)21(24)14-27-19(10-18(21)11-25)13-26-12-17-6-4-3-5-7-17/h3-9,18-19,25H,2,10-14,24H2,1H3/b15-8+,20-9+/t18-,19+,21+/m0/s1. The predicted octanol–water partition coefficient (Wildman–Crippen LogP) is 3.58. The fraction of sp³-hybridized carbons (Fsp3) is 0.429. The van der Waals surface area contributed by atoms with Gasteiger partial charge in [0.1, 0.15) is 5.83 Å². The molecule has 6 heteroatoms. The van der Waals surface area contributed by atoms with Gasteiger partial charge in [-0.25, -0.2) is 8.78 Å². The molecule has 0 saturated carbocycles. The van der Waals surface area contributed by atoms with Crippen LogP contribution in [-0.2, 0) is 16.1 Å². The van der Waals surface area contributed by atoms with Crippen LogP contribution in [0.3, 0.4) is 0 Å². The van der Waals surface area contributed by atoms with E-state index in [0.29, 0.717) is 19.6 Å². The van der Waals surface area contributed by atoms with Crippen molar-refractivity contribution >= 4 is 0 Å². The van der Waals surface area contributed by atoms with Gasteiger partial charge in [-0.05, 0) is 31.1 Å². The lowest BCUT2D eigenvalue weighted by molar-refractivity contribution is -0.0941. The van der Waals surface area contributed by atoms with Gasteiger partial charge >= 0.3 is 0 Å². The smallest absolute Gasteiger partial charge is 0.127 e. The van der Waals surface area contributed by atoms with E-state index >= 15 is 0 Å². The molecule has 148 valence electrons. The average molecular weight is 379 g/mol. The summed E-state index contributed by atoms with van der Waals surface area (Å²) in [6.07, 6.45) is 2.14. The quantitative estimate of drug-likeness (QED) is 0.678. The van der Waals surface area contributed by atoms with Crippen molar-refractivity contribution in [3.8, 4) is 0 Å². The molecule has 0 radical (unpaired) electrons. The highest BCUT2D eigenvalue weighted by atomic mass is 19.1. The van der Waals surface area contributed by atoms with Crippen LogP contribution in [0.5, 0.6) is 0 Å². The number of nitrogens with two attached hydrogens (primary N) is 1. The Hall–Kier alpha value is -1.86. The molecule has 0 aliphatic carbocycles. The summed E-state index contributed by atoms with van der Waals surface area (Å²) in [6.45, 7) is 5.48. The lowest BCUT2D eigenvalue weighted by atomic mass is 9.75. The van der Waals surface area contributed by atoms with E-state index in [1.165, 1.54) is 6.92 Å². The fourth-order valence-electron chi connectivity index (χ4n) is 3.05. The first kappa shape index (κ1) is 21.4. The number of allylic oxidation sites excluding steroid dienone is 3. The molecular weight excluding hydrogens is 352 g/mol. The largest absolute Gasteiger partial charge is 0.396 e. The molecule has 1 aromatic carbocycles. The Labute approximate surface area is 159 Å². The molecule has 1 heterocycles. The van der Waals surface area contributed by atoms with E-state index in [1.54, 1.807) is 0 Å². The van der Waals surface area contributed by atoms with Crippen molar-refractivity contribution < 1.29 is 23.4 Å². The monoisotopic (exact) mass is 379 g/mol. The van der Waals surface area contributed by atoms with Crippen molar-refractivity contribution in [2.24, 2.45) is 11.7 Å². The molecule has 1 saturated heterocycles. The molecule has 2 rings (SSSR count). The SMILES string of the molecule is C=C(/C(F)=C\C=C(/C)F)[C@]1(N)CO[C@@H](COCc2ccccc2)C[C@H]1CO. The Morgan fingerprint density at radius 2 is 2.07 bits per heavy atom. The topological polar surface area (TPSA) is 64.7 Å². The summed E-state index contributed by atoms with van der Waals surface area (Å²) < 4.78 is 38.5. The van der Waals surface area contributed by atoms with Gasteiger partial charge in [0, 0.05) is 18.1 Å². The highest BCUT2D eigenvalue weighted by molar-refractivity contribution is 5.37. The Bertz CT molecular complexity index is 686. The maximum atomic E-state index is 14.3. The van der Waals surface area contributed by atoms with Gasteiger partial charge in [-0.15, -0.1) is 0 Å². The third kappa shape index (κ3) is 5.81. The lowest BCUT2D eigenvalue weighted by Crippen LogP contribution is -2.59. The maximum absolute atomic E-state index is 14.3. The second kappa shape index (κ2) is 9.90. The van der Waals surface area contributed by atoms with Crippen LogP contribution in [0.4, 0.5) is 8.78 Å². The predicted molar refractivity (Wildman–Crippen MR) is 101 cm³/mol. The Balaban J connectivity index is 1.95. The summed E-state index contributed by atoms with van der Waals surface area (Å²) in [5, 5.41) is 9.77. The number of hydrogen-bond donors (Lipinski definition) is 2. The molecule has 1 fully saturated rings. The van der Waals surface area contributed by atoms with E-state index < -0.39 is 23.1 Å². The van der Waals surface area contributed by atoms with Gasteiger partial charge < -0.3 is 20.3 Å². The van der Waals surface area contributed by atoms with Crippen LogP contribution in [-0.4, -0.2) is 36.6 Å². The highest BCUT2D eigenvalue weighted by Gasteiger charge is 2.44. The number of hydrogen-bond acceptors (Lipinski definition) is 4. The van der Waals surface area contributed by atoms with E-state index in [1.807, 2.05) is 30.3 Å². The Morgan fingerprint density at radius 3 is 2.70 bits per heavy atom. The number of ether oxygens (including phenoxy) is 2. The highest BCUT2D eigenvalue weighted by Crippen LogP contribution is 2.36. The van der Waals surface area contributed by atoms with Gasteiger partial charge in [-0.3, -0.25) is 0 Å². The zero-order chi connectivity index (χ0) is 19.9. The number of benzene rings is 1. The average Bonchev–Trinajstić information content (AvgIpc) is 2.67. The van der Waals surface area contributed by atoms with Crippen LogP contribution in [0.1, 0.15) is 18.9 Å². The first-order valence-electron chi connectivity index (χ1n) is 8.89. The molecule has 3 N–H and O–H groups in total. The minimum atomic E-state index is -1.26. The second-order valence-corrected chi connectivity index (χ2v) is 6.84. The summed E-state index contributed by atoms with van der Waals surface area (Å²) in [6, 6.07) is 9.75. The van der Waals surface area contributed by atoms with Gasteiger partial charge in [-0.1, -0.05) is 36.9 Å². The second-order valence-electron chi connectivity index (χ2n) is 6.84. The van der Waals surface area contributed by atoms with Gasteiger partial charge in [0.2, 0.25) is 0 Å². The zero-order valence-electron chi connectivity index (χ0n) is 15.5. The van der Waals surface area contributed by atoms with Crippen LogP contribution in [0.15, 0.2) is 66.3 Å². The molecule has 3 atom stereocenters. The number of aliphatic hydroxyl groups is 1. The molecule has 0 unspecified atom stereocenters. The minimum Gasteiger partial charge on any atom is -0.396 e. The van der Waals surface area contributed by atoms with E-state index in [0.717, 1.165) is 17.7 Å². The number of aliphatic hydroxyl groups excluding tert-OH is 1. The van der Waals surface area contributed by atoms with Crippen LogP contribution in [0.2, 0.25) is 0 Å². The van der Waals surface area contributed by atoms with Crippen molar-refractivity contribution in [3.63, 3.8) is 0 Å². The Morgan fingerprint density at radius 1 is 1.37 bits per heavy atom. The van der Waals surface area contributed by atoms with Crippen LogP contribution in [0.25, 0.3) is 0 Å². The van der Waals surface area contributed by atoms with Crippen molar-refractivity contribution in [1.29, 1.82) is 0 Å². The molecule has 1 aliphatic heterocycles. The van der Waals surface area contributed by atoms with Gasteiger partial charge in [0.25, 0.3) is 0 Å². The molecule has 4 nitrogen and oxygen atoms in total. The van der Waals surface area contributed by atoms with E-state index in [2.05, 4.69) is 6.58 Å². The van der Waals surface area contributed by atoms with Crippen LogP contribution in [0, 0.1) is 5.92 Å². The summed E-state index contributed by atoms with van der Waals surface area (Å²) in [4.78, 5) is 0. The van der Waals surface area contributed by atoms with Crippen molar-refractivity contribution in [2.45, 2.75) is 31.6 Å². The van der Waals surface area contributed by atoms with Gasteiger partial charge in [0.15, 0.2) is 0 Å². The third-order valence-electron chi connectivity index (χ3n) is 4.78. The third-order valence-corrected chi connectivity index (χ3v) is 4.78. The summed E-state index contributed by atoms with van der Waals surface area (Å²) in [5.41, 5.74) is 6.11. The van der Waals surface area contributed by atoms with E-state index in [9.17, 15) is 13.9 Å². The molecule has 0 aromatic heterocycles. The fourth-order valence-corrected chi connectivity index (χ4v) is 3.05. The first-order chi connectivity index (χ1) is 12.9. The van der Waals surface area contributed by atoms with E-state index in [4.69, 9.17) is 15.2 Å². The molecule has 0 bridgehead atoms. The van der Waals surface area contributed by atoms with E-state index in [-0.39, 0.29) is 24.9 Å². The number of halogens is 2. The maximum Gasteiger partial charge on any atom is 0.127 e. The first-order valence-corrected chi connectivity index (χ1v) is 8.89. The van der Waals surface area contributed by atoms with Gasteiger partial charge in [0.05, 0.1) is 37.3 Å². The van der Waals surface area contributed by atoms with Crippen LogP contribution < -0.4 is 5.73 Å². The number of rotatable bonds is 8. The molecule has 1 aromatic rings. The Kier molecular flexibility index (Phi) is 7.86. The summed E-state index contributed by atoms with van der Waals surface area (Å²) >= 11 is 0. The van der Waals surface area contributed by atoms with Gasteiger partial charge in [-0.2, -0.15) is 0 Å². The minimum absolute atomic E-state index is 0.00396. The summed E-state index contributed by atoms with van der Waals surface area (Å²) in [5.74, 6) is -1.70. The van der Waals surface area contributed by atoms with Crippen molar-refractivity contribution in [3.05, 3.63) is 71.9 Å². The zero-order valence-corrected chi connectivity index (χ0v) is 15.5. The summed E-state index contributed by atoms with van der Waals surface area (Å²) in [7, 11) is 0. The molecule has 27 heavy (non-hydrogen) atoms.